The first-order valence-corrected chi connectivity index (χ1v) is 8.92. The molecule has 1 N–H and O–H groups in total. The molecule has 9 heteroatoms. The summed E-state index contributed by atoms with van der Waals surface area (Å²) in [6, 6.07) is 7.39. The van der Waals surface area contributed by atoms with E-state index in [0.29, 0.717) is 12.2 Å². The summed E-state index contributed by atoms with van der Waals surface area (Å²) in [4.78, 5) is 12.7. The molecule has 1 heterocycles. The van der Waals surface area contributed by atoms with Gasteiger partial charge in [0.1, 0.15) is 0 Å². The second-order valence-electron chi connectivity index (χ2n) is 3.64. The van der Waals surface area contributed by atoms with Crippen LogP contribution in [0.4, 0.5) is 0 Å². The standard InChI is InChI=1S/C11H12O3S.ClHO3S/c1-15-9-4-2-3-8(7-9)11(12)14-10-5-6-13-10;1-5(2,3)4/h2-4,7,10H,5-6H2,1H3;(H,2,3,4). The Morgan fingerprint density at radius 3 is 2.60 bits per heavy atom. The van der Waals surface area contributed by atoms with Crippen molar-refractivity contribution in [2.45, 2.75) is 17.6 Å². The molecule has 0 bridgehead atoms. The Morgan fingerprint density at radius 1 is 1.55 bits per heavy atom. The Hall–Kier alpha value is -0.800. The van der Waals surface area contributed by atoms with E-state index in [2.05, 4.69) is 10.7 Å². The molecule has 0 amide bonds. The molecule has 1 fully saturated rings. The molecule has 0 aliphatic carbocycles. The van der Waals surface area contributed by atoms with Crippen LogP contribution >= 0.6 is 22.4 Å². The van der Waals surface area contributed by atoms with Gasteiger partial charge in [0.15, 0.2) is 0 Å². The lowest BCUT2D eigenvalue weighted by Crippen LogP contribution is -2.31. The van der Waals surface area contributed by atoms with Gasteiger partial charge in [0.05, 0.1) is 12.2 Å². The summed E-state index contributed by atoms with van der Waals surface area (Å²) >= 11 is 1.60. The minimum absolute atomic E-state index is 0.310. The van der Waals surface area contributed by atoms with Crippen molar-refractivity contribution in [2.75, 3.05) is 12.9 Å². The normalized spacial score (nSPS) is 17.4. The molecule has 20 heavy (non-hydrogen) atoms. The maximum absolute atomic E-state index is 11.6. The summed E-state index contributed by atoms with van der Waals surface area (Å²) in [7, 11) is -0.137. The van der Waals surface area contributed by atoms with E-state index in [4.69, 9.17) is 22.4 Å². The zero-order valence-electron chi connectivity index (χ0n) is 10.5. The molecule has 112 valence electrons. The van der Waals surface area contributed by atoms with Gasteiger partial charge in [-0.2, -0.15) is 8.42 Å². The fraction of sp³-hybridized carbons (Fsp3) is 0.364. The number of carbonyl (C=O) groups excluding carboxylic acids is 1. The predicted octanol–water partition coefficient (Wildman–Crippen LogP) is 2.34. The van der Waals surface area contributed by atoms with Crippen molar-refractivity contribution in [3.63, 3.8) is 0 Å². The predicted molar refractivity (Wildman–Crippen MR) is 75.4 cm³/mol. The Morgan fingerprint density at radius 2 is 2.15 bits per heavy atom. The van der Waals surface area contributed by atoms with E-state index in [1.54, 1.807) is 17.8 Å². The van der Waals surface area contributed by atoms with E-state index >= 15 is 0 Å². The van der Waals surface area contributed by atoms with Crippen molar-refractivity contribution in [1.82, 2.24) is 0 Å². The van der Waals surface area contributed by atoms with E-state index in [9.17, 15) is 4.79 Å². The Kier molecular flexibility index (Phi) is 6.77. The van der Waals surface area contributed by atoms with Crippen LogP contribution in [-0.2, 0) is 18.8 Å². The van der Waals surface area contributed by atoms with Gasteiger partial charge in [-0.25, -0.2) is 4.79 Å². The van der Waals surface area contributed by atoms with Gasteiger partial charge in [-0.3, -0.25) is 4.55 Å². The van der Waals surface area contributed by atoms with Gasteiger partial charge in [-0.15, -0.1) is 11.8 Å². The number of thioether (sulfide) groups is 1. The van der Waals surface area contributed by atoms with Crippen molar-refractivity contribution >= 4 is 37.7 Å². The van der Waals surface area contributed by atoms with Crippen LogP contribution in [-0.4, -0.2) is 38.1 Å². The topological polar surface area (TPSA) is 89.9 Å². The third-order valence-corrected chi connectivity index (χ3v) is 2.93. The molecule has 6 nitrogen and oxygen atoms in total. The Bertz CT molecular complexity index is 548. The van der Waals surface area contributed by atoms with Gasteiger partial charge in [-0.1, -0.05) is 6.07 Å². The van der Waals surface area contributed by atoms with Gasteiger partial charge in [-0.05, 0) is 24.5 Å². The number of benzene rings is 1. The quantitative estimate of drug-likeness (QED) is 0.391. The molecule has 0 spiro atoms. The van der Waals surface area contributed by atoms with Crippen LogP contribution in [0.2, 0.25) is 0 Å². The molecule has 1 aliphatic rings. The monoisotopic (exact) mass is 340 g/mol. The van der Waals surface area contributed by atoms with Gasteiger partial charge in [0.25, 0.3) is 0 Å². The number of esters is 1. The maximum Gasteiger partial charge on any atom is 0.353 e. The minimum atomic E-state index is -4.19. The number of carbonyl (C=O) groups is 1. The van der Waals surface area contributed by atoms with Gasteiger partial charge >= 0.3 is 15.3 Å². The van der Waals surface area contributed by atoms with Gasteiger partial charge in [0.2, 0.25) is 6.29 Å². The first-order valence-electron chi connectivity index (χ1n) is 5.43. The van der Waals surface area contributed by atoms with Crippen LogP contribution in [0.1, 0.15) is 16.8 Å². The smallest absolute Gasteiger partial charge is 0.353 e. The van der Waals surface area contributed by atoms with E-state index in [1.165, 1.54) is 0 Å². The number of ether oxygens (including phenoxy) is 2. The van der Waals surface area contributed by atoms with Crippen LogP contribution in [0.3, 0.4) is 0 Å². The fourth-order valence-electron chi connectivity index (χ4n) is 1.24. The van der Waals surface area contributed by atoms with E-state index < -0.39 is 9.33 Å². The van der Waals surface area contributed by atoms with Gasteiger partial charge < -0.3 is 9.47 Å². The summed E-state index contributed by atoms with van der Waals surface area (Å²) < 4.78 is 35.3. The highest BCUT2D eigenvalue weighted by molar-refractivity contribution is 8.09. The highest BCUT2D eigenvalue weighted by atomic mass is 35.7. The minimum Gasteiger partial charge on any atom is -0.432 e. The average Bonchev–Trinajstić information content (AvgIpc) is 2.31. The zero-order chi connectivity index (χ0) is 15.2. The molecule has 1 unspecified atom stereocenters. The molecular weight excluding hydrogens is 328 g/mol. The molecule has 2 rings (SSSR count). The Balaban J connectivity index is 0.000000347. The molecule has 1 atom stereocenters. The number of rotatable bonds is 3. The molecule has 0 aromatic heterocycles. The second kappa shape index (κ2) is 7.84. The van der Waals surface area contributed by atoms with Crippen LogP contribution < -0.4 is 0 Å². The zero-order valence-corrected chi connectivity index (χ0v) is 12.9. The lowest BCUT2D eigenvalue weighted by molar-refractivity contribution is -0.184. The number of hydrogen-bond acceptors (Lipinski definition) is 6. The summed E-state index contributed by atoms with van der Waals surface area (Å²) in [5, 5.41) is 0. The lowest BCUT2D eigenvalue weighted by atomic mass is 10.2. The van der Waals surface area contributed by atoms with Crippen LogP contribution in [0.15, 0.2) is 29.2 Å². The molecule has 1 aliphatic heterocycles. The summed E-state index contributed by atoms with van der Waals surface area (Å²) in [6.07, 6.45) is 2.43. The molecule has 1 aromatic carbocycles. The first-order chi connectivity index (χ1) is 9.29. The van der Waals surface area contributed by atoms with Crippen molar-refractivity contribution in [1.29, 1.82) is 0 Å². The van der Waals surface area contributed by atoms with Crippen molar-refractivity contribution in [2.24, 2.45) is 0 Å². The largest absolute Gasteiger partial charge is 0.432 e. The molecule has 1 aromatic rings. The maximum atomic E-state index is 11.6. The fourth-order valence-corrected chi connectivity index (χ4v) is 1.70. The highest BCUT2D eigenvalue weighted by Crippen LogP contribution is 2.19. The van der Waals surface area contributed by atoms with E-state index in [-0.39, 0.29) is 12.3 Å². The molecule has 1 saturated heterocycles. The van der Waals surface area contributed by atoms with E-state index in [0.717, 1.165) is 11.3 Å². The summed E-state index contributed by atoms with van der Waals surface area (Å²) in [5.41, 5.74) is 0.581. The van der Waals surface area contributed by atoms with Crippen molar-refractivity contribution < 1.29 is 27.2 Å². The first kappa shape index (κ1) is 17.3. The van der Waals surface area contributed by atoms with Crippen molar-refractivity contribution in [3.8, 4) is 0 Å². The number of halogens is 1. The SMILES string of the molecule is CSc1cccc(C(=O)OC2CCO2)c1.O=S(=O)(O)Cl. The van der Waals surface area contributed by atoms with Crippen LogP contribution in [0.5, 0.6) is 0 Å². The summed E-state index contributed by atoms with van der Waals surface area (Å²) in [6.45, 7) is 0.683. The van der Waals surface area contributed by atoms with Crippen LogP contribution in [0, 0.1) is 0 Å². The number of hydrogen-bond donors (Lipinski definition) is 1. The summed E-state index contributed by atoms with van der Waals surface area (Å²) in [5.74, 6) is -0.310. The van der Waals surface area contributed by atoms with Crippen molar-refractivity contribution in [3.05, 3.63) is 29.8 Å². The van der Waals surface area contributed by atoms with Gasteiger partial charge in [0, 0.05) is 22.0 Å². The molecule has 0 saturated carbocycles. The third-order valence-electron chi connectivity index (χ3n) is 2.20. The lowest BCUT2D eigenvalue weighted by Gasteiger charge is -2.25. The molecular formula is C11H13ClO6S2. The Labute approximate surface area is 125 Å². The molecule has 0 radical (unpaired) electrons. The van der Waals surface area contributed by atoms with E-state index in [1.807, 2.05) is 24.5 Å². The average molecular weight is 341 g/mol. The van der Waals surface area contributed by atoms with Crippen LogP contribution in [0.25, 0.3) is 0 Å². The third kappa shape index (κ3) is 7.11. The second-order valence-corrected chi connectivity index (χ2v) is 6.51. The highest BCUT2D eigenvalue weighted by Gasteiger charge is 2.23.